The van der Waals surface area contributed by atoms with Crippen LogP contribution >= 0.6 is 0 Å². The number of amides is 2. The Balaban J connectivity index is 2.21. The first-order chi connectivity index (χ1) is 16.3. The van der Waals surface area contributed by atoms with E-state index >= 15 is 0 Å². The Kier molecular flexibility index (Phi) is 10.3. The highest BCUT2D eigenvalue weighted by Crippen LogP contribution is 2.30. The van der Waals surface area contributed by atoms with Gasteiger partial charge < -0.3 is 19.7 Å². The maximum atomic E-state index is 13.3. The van der Waals surface area contributed by atoms with E-state index in [1.165, 1.54) is 42.3 Å². The standard InChI is InChI=1S/C24H30FN3O6/c1-4-6-13-26-24(30)20(5-2)27(15-17-7-9-18(25)10-8-17)23(29)16-34-19-11-12-21(28(31)32)22(14-19)33-3/h7-12,14,20H,4-6,13,15-16H2,1-3H3,(H,26,30)/t20-/m0/s1. The van der Waals surface area contributed by atoms with Gasteiger partial charge in [-0.25, -0.2) is 4.39 Å². The number of benzene rings is 2. The van der Waals surface area contributed by atoms with Gasteiger partial charge in [0.15, 0.2) is 6.61 Å². The molecule has 0 radical (unpaired) electrons. The summed E-state index contributed by atoms with van der Waals surface area (Å²) < 4.78 is 23.9. The normalized spacial score (nSPS) is 11.4. The lowest BCUT2D eigenvalue weighted by molar-refractivity contribution is -0.385. The van der Waals surface area contributed by atoms with Crippen LogP contribution in [0.15, 0.2) is 42.5 Å². The summed E-state index contributed by atoms with van der Waals surface area (Å²) in [7, 11) is 1.30. The van der Waals surface area contributed by atoms with Crippen LogP contribution in [0.3, 0.4) is 0 Å². The molecule has 2 aromatic rings. The Morgan fingerprint density at radius 1 is 1.18 bits per heavy atom. The molecule has 10 heteroatoms. The van der Waals surface area contributed by atoms with E-state index in [1.54, 1.807) is 19.1 Å². The number of rotatable bonds is 13. The Labute approximate surface area is 198 Å². The van der Waals surface area contributed by atoms with E-state index in [0.29, 0.717) is 18.5 Å². The number of ether oxygens (including phenoxy) is 2. The van der Waals surface area contributed by atoms with Gasteiger partial charge in [-0.05, 0) is 36.6 Å². The molecule has 2 amide bonds. The van der Waals surface area contributed by atoms with Gasteiger partial charge in [-0.1, -0.05) is 32.4 Å². The van der Waals surface area contributed by atoms with Gasteiger partial charge in [0.25, 0.3) is 5.91 Å². The third-order valence-electron chi connectivity index (χ3n) is 5.19. The van der Waals surface area contributed by atoms with E-state index in [2.05, 4.69) is 5.32 Å². The van der Waals surface area contributed by atoms with E-state index in [-0.39, 0.29) is 29.6 Å². The summed E-state index contributed by atoms with van der Waals surface area (Å²) in [5.41, 5.74) is 0.431. The summed E-state index contributed by atoms with van der Waals surface area (Å²) in [5.74, 6) is -0.929. The molecule has 0 aliphatic carbocycles. The number of hydrogen-bond donors (Lipinski definition) is 1. The van der Waals surface area contributed by atoms with Crippen molar-refractivity contribution in [2.75, 3.05) is 20.3 Å². The minimum atomic E-state index is -0.746. The Morgan fingerprint density at radius 3 is 2.47 bits per heavy atom. The molecular formula is C24H30FN3O6. The van der Waals surface area contributed by atoms with Gasteiger partial charge >= 0.3 is 5.69 Å². The minimum Gasteiger partial charge on any atom is -0.490 e. The van der Waals surface area contributed by atoms with Crippen molar-refractivity contribution in [3.63, 3.8) is 0 Å². The topological polar surface area (TPSA) is 111 Å². The predicted molar refractivity (Wildman–Crippen MR) is 124 cm³/mol. The summed E-state index contributed by atoms with van der Waals surface area (Å²) in [5, 5.41) is 13.9. The molecule has 0 bridgehead atoms. The molecule has 184 valence electrons. The predicted octanol–water partition coefficient (Wildman–Crippen LogP) is 3.85. The average Bonchev–Trinajstić information content (AvgIpc) is 2.83. The van der Waals surface area contributed by atoms with Crippen molar-refractivity contribution in [2.45, 2.75) is 45.7 Å². The third kappa shape index (κ3) is 7.43. The van der Waals surface area contributed by atoms with Crippen molar-refractivity contribution in [2.24, 2.45) is 0 Å². The number of carbonyl (C=O) groups excluding carboxylic acids is 2. The van der Waals surface area contributed by atoms with Crippen molar-refractivity contribution in [1.82, 2.24) is 10.2 Å². The molecule has 9 nitrogen and oxygen atoms in total. The molecule has 0 spiro atoms. The molecular weight excluding hydrogens is 445 g/mol. The number of nitro benzene ring substituents is 1. The second kappa shape index (κ2) is 13.1. The second-order valence-corrected chi connectivity index (χ2v) is 7.60. The highest BCUT2D eigenvalue weighted by Gasteiger charge is 2.29. The van der Waals surface area contributed by atoms with Gasteiger partial charge in [0.05, 0.1) is 12.0 Å². The zero-order chi connectivity index (χ0) is 25.1. The van der Waals surface area contributed by atoms with E-state index < -0.39 is 29.3 Å². The average molecular weight is 476 g/mol. The summed E-state index contributed by atoms with van der Waals surface area (Å²) >= 11 is 0. The van der Waals surface area contributed by atoms with E-state index in [1.807, 2.05) is 6.92 Å². The second-order valence-electron chi connectivity index (χ2n) is 7.60. The lowest BCUT2D eigenvalue weighted by atomic mass is 10.1. The molecule has 0 aromatic heterocycles. The van der Waals surface area contributed by atoms with Crippen molar-refractivity contribution >= 4 is 17.5 Å². The number of nitrogens with one attached hydrogen (secondary N) is 1. The lowest BCUT2D eigenvalue weighted by Crippen LogP contribution is -2.50. The highest BCUT2D eigenvalue weighted by molar-refractivity contribution is 5.88. The van der Waals surface area contributed by atoms with Crippen LogP contribution in [0.25, 0.3) is 0 Å². The monoisotopic (exact) mass is 475 g/mol. The first-order valence-corrected chi connectivity index (χ1v) is 11.1. The molecule has 0 aliphatic heterocycles. The van der Waals surface area contributed by atoms with E-state index in [9.17, 15) is 24.1 Å². The Morgan fingerprint density at radius 2 is 1.88 bits per heavy atom. The number of methoxy groups -OCH3 is 1. The zero-order valence-electron chi connectivity index (χ0n) is 19.6. The van der Waals surface area contributed by atoms with Crippen LogP contribution < -0.4 is 14.8 Å². The van der Waals surface area contributed by atoms with E-state index in [0.717, 1.165) is 12.8 Å². The van der Waals surface area contributed by atoms with Crippen LogP contribution in [0.2, 0.25) is 0 Å². The summed E-state index contributed by atoms with van der Waals surface area (Å²) in [6.45, 7) is 4.01. The molecule has 0 aliphatic rings. The molecule has 1 N–H and O–H groups in total. The largest absolute Gasteiger partial charge is 0.490 e. The fraction of sp³-hybridized carbons (Fsp3) is 0.417. The summed E-state index contributed by atoms with van der Waals surface area (Å²) in [4.78, 5) is 37.9. The van der Waals surface area contributed by atoms with Crippen LogP contribution in [-0.2, 0) is 16.1 Å². The van der Waals surface area contributed by atoms with Gasteiger partial charge in [0.2, 0.25) is 11.7 Å². The van der Waals surface area contributed by atoms with Crippen LogP contribution in [0.4, 0.5) is 10.1 Å². The maximum Gasteiger partial charge on any atom is 0.311 e. The van der Waals surface area contributed by atoms with Crippen molar-refractivity contribution in [3.8, 4) is 11.5 Å². The molecule has 2 aromatic carbocycles. The van der Waals surface area contributed by atoms with Gasteiger partial charge in [0, 0.05) is 25.2 Å². The van der Waals surface area contributed by atoms with Crippen LogP contribution in [0.5, 0.6) is 11.5 Å². The minimum absolute atomic E-state index is 0.000135. The number of unbranched alkanes of at least 4 members (excludes halogenated alkanes) is 1. The number of nitro groups is 1. The van der Waals surface area contributed by atoms with Crippen LogP contribution in [0.1, 0.15) is 38.7 Å². The molecule has 0 heterocycles. The fourth-order valence-electron chi connectivity index (χ4n) is 3.34. The first kappa shape index (κ1) is 26.6. The third-order valence-corrected chi connectivity index (χ3v) is 5.19. The van der Waals surface area contributed by atoms with Crippen molar-refractivity contribution in [3.05, 3.63) is 64.0 Å². The number of hydrogen-bond acceptors (Lipinski definition) is 6. The number of halogens is 1. The Bertz CT molecular complexity index is 983. The smallest absolute Gasteiger partial charge is 0.311 e. The quantitative estimate of drug-likeness (QED) is 0.268. The lowest BCUT2D eigenvalue weighted by Gasteiger charge is -2.30. The van der Waals surface area contributed by atoms with Crippen molar-refractivity contribution in [1.29, 1.82) is 0 Å². The highest BCUT2D eigenvalue weighted by atomic mass is 19.1. The molecule has 0 unspecified atom stereocenters. The molecule has 0 fully saturated rings. The van der Waals surface area contributed by atoms with Crippen LogP contribution in [0, 0.1) is 15.9 Å². The molecule has 0 saturated heterocycles. The summed E-state index contributed by atoms with van der Waals surface area (Å²) in [6.07, 6.45) is 2.11. The Hall–Kier alpha value is -3.69. The molecule has 34 heavy (non-hydrogen) atoms. The SMILES string of the molecule is CCCCNC(=O)[C@H](CC)N(Cc1ccc(F)cc1)C(=O)COc1ccc([N+](=O)[O-])c(OC)c1. The molecule has 1 atom stereocenters. The van der Waals surface area contributed by atoms with Gasteiger partial charge in [-0.2, -0.15) is 0 Å². The summed E-state index contributed by atoms with van der Waals surface area (Å²) in [6, 6.07) is 8.87. The van der Waals surface area contributed by atoms with Gasteiger partial charge in [0.1, 0.15) is 17.6 Å². The first-order valence-electron chi connectivity index (χ1n) is 11.1. The zero-order valence-corrected chi connectivity index (χ0v) is 19.6. The van der Waals surface area contributed by atoms with Gasteiger partial charge in [-0.15, -0.1) is 0 Å². The van der Waals surface area contributed by atoms with Gasteiger partial charge in [-0.3, -0.25) is 19.7 Å². The van der Waals surface area contributed by atoms with E-state index in [4.69, 9.17) is 9.47 Å². The molecule has 0 saturated carbocycles. The van der Waals surface area contributed by atoms with Crippen LogP contribution in [-0.4, -0.2) is 47.9 Å². The maximum absolute atomic E-state index is 13.3. The number of carbonyl (C=O) groups is 2. The fourth-order valence-corrected chi connectivity index (χ4v) is 3.34. The molecule has 2 rings (SSSR count). The number of nitrogens with zero attached hydrogens (tertiary/aromatic N) is 2. The van der Waals surface area contributed by atoms with Crippen molar-refractivity contribution < 1.29 is 28.4 Å².